The average molecular weight is 418 g/mol. The number of hydrogen-bond acceptors (Lipinski definition) is 8. The fourth-order valence-electron chi connectivity index (χ4n) is 2.58. The summed E-state index contributed by atoms with van der Waals surface area (Å²) < 4.78 is 5.68. The number of hydrogen-bond donors (Lipinski definition) is 0. The van der Waals surface area contributed by atoms with Gasteiger partial charge >= 0.3 is 0 Å². The first-order valence-corrected chi connectivity index (χ1v) is 10.5. The molecule has 0 N–H and O–H groups in total. The first-order chi connectivity index (χ1) is 13.3. The quantitative estimate of drug-likeness (QED) is 0.543. The van der Waals surface area contributed by atoms with Crippen LogP contribution in [0, 0.1) is 13.8 Å². The van der Waals surface area contributed by atoms with Gasteiger partial charge < -0.3 is 14.2 Å². The topological polar surface area (TPSA) is 75.4 Å². The van der Waals surface area contributed by atoms with E-state index in [0.717, 1.165) is 26.8 Å². The molecule has 0 fully saturated rings. The summed E-state index contributed by atoms with van der Waals surface area (Å²) in [6.07, 6.45) is 0. The predicted octanol–water partition coefficient (Wildman–Crippen LogP) is 3.63. The lowest BCUT2D eigenvalue weighted by Crippen LogP contribution is -2.27. The van der Waals surface area contributed by atoms with Crippen LogP contribution in [0.1, 0.15) is 16.3 Å². The van der Waals surface area contributed by atoms with E-state index in [1.807, 2.05) is 57.1 Å². The molecule has 1 amide bonds. The molecule has 148 valence electrons. The third-order valence-electron chi connectivity index (χ3n) is 4.12. The highest BCUT2D eigenvalue weighted by Gasteiger charge is 2.17. The van der Waals surface area contributed by atoms with Gasteiger partial charge in [-0.05, 0) is 31.5 Å². The van der Waals surface area contributed by atoms with Gasteiger partial charge in [0.1, 0.15) is 4.88 Å². The number of nitrogens with zero attached hydrogens (tertiary/aromatic N) is 5. The largest absolute Gasteiger partial charge is 0.410 e. The van der Waals surface area contributed by atoms with E-state index in [-0.39, 0.29) is 11.7 Å². The standard InChI is InChI=1S/C19H23N5O2S2/c1-12-17(28-13(2)20-12)18-21-22-19(26-18)27-11-16(25)24(5)10-14-6-8-15(9-7-14)23(3)4/h6-9H,10-11H2,1-5H3. The highest BCUT2D eigenvalue weighted by Crippen LogP contribution is 2.30. The van der Waals surface area contributed by atoms with E-state index in [4.69, 9.17) is 4.42 Å². The van der Waals surface area contributed by atoms with Crippen LogP contribution >= 0.6 is 23.1 Å². The molecule has 0 saturated carbocycles. The number of amides is 1. The van der Waals surface area contributed by atoms with Crippen molar-refractivity contribution in [2.45, 2.75) is 25.6 Å². The van der Waals surface area contributed by atoms with Gasteiger partial charge in [0.15, 0.2) is 0 Å². The summed E-state index contributed by atoms with van der Waals surface area (Å²) in [5, 5.41) is 9.45. The Labute approximate surface area is 172 Å². The zero-order valence-corrected chi connectivity index (χ0v) is 18.2. The predicted molar refractivity (Wildman–Crippen MR) is 113 cm³/mol. The fraction of sp³-hybridized carbons (Fsp3) is 0.368. The Hall–Kier alpha value is -2.39. The Bertz CT molecular complexity index is 950. The van der Waals surface area contributed by atoms with Crippen LogP contribution in [0.5, 0.6) is 0 Å². The highest BCUT2D eigenvalue weighted by molar-refractivity contribution is 7.99. The molecule has 3 rings (SSSR count). The number of carbonyl (C=O) groups excluding carboxylic acids is 1. The number of thiazole rings is 1. The molecule has 3 aromatic rings. The summed E-state index contributed by atoms with van der Waals surface area (Å²) in [6, 6.07) is 8.17. The molecule has 0 spiro atoms. The minimum Gasteiger partial charge on any atom is -0.410 e. The van der Waals surface area contributed by atoms with Gasteiger partial charge in [-0.2, -0.15) is 0 Å². The van der Waals surface area contributed by atoms with Crippen LogP contribution in [0.3, 0.4) is 0 Å². The zero-order chi connectivity index (χ0) is 20.3. The van der Waals surface area contributed by atoms with Gasteiger partial charge in [-0.15, -0.1) is 21.5 Å². The molecule has 0 unspecified atom stereocenters. The molecule has 0 saturated heterocycles. The Morgan fingerprint density at radius 1 is 1.14 bits per heavy atom. The molecule has 7 nitrogen and oxygen atoms in total. The summed E-state index contributed by atoms with van der Waals surface area (Å²) in [4.78, 5) is 21.4. The second kappa shape index (κ2) is 8.74. The number of aromatic nitrogens is 3. The first kappa shape index (κ1) is 20.3. The van der Waals surface area contributed by atoms with E-state index in [1.54, 1.807) is 11.9 Å². The minimum absolute atomic E-state index is 0.00579. The maximum atomic E-state index is 12.4. The van der Waals surface area contributed by atoms with Gasteiger partial charge in [-0.25, -0.2) is 4.98 Å². The van der Waals surface area contributed by atoms with Crippen LogP contribution in [0.2, 0.25) is 0 Å². The maximum absolute atomic E-state index is 12.4. The molecular weight excluding hydrogens is 394 g/mol. The van der Waals surface area contributed by atoms with Gasteiger partial charge in [-0.3, -0.25) is 4.79 Å². The molecule has 0 radical (unpaired) electrons. The van der Waals surface area contributed by atoms with Crippen molar-refractivity contribution in [2.75, 3.05) is 31.8 Å². The number of thioether (sulfide) groups is 1. The van der Waals surface area contributed by atoms with Crippen LogP contribution in [-0.4, -0.2) is 52.9 Å². The van der Waals surface area contributed by atoms with E-state index >= 15 is 0 Å². The molecule has 2 heterocycles. The molecule has 0 aliphatic heterocycles. The monoisotopic (exact) mass is 417 g/mol. The minimum atomic E-state index is 0.00579. The van der Waals surface area contributed by atoms with Gasteiger partial charge in [0, 0.05) is 33.4 Å². The Morgan fingerprint density at radius 3 is 2.46 bits per heavy atom. The molecule has 0 bridgehead atoms. The van der Waals surface area contributed by atoms with E-state index in [1.165, 1.54) is 23.1 Å². The summed E-state index contributed by atoms with van der Waals surface area (Å²) in [6.45, 7) is 4.41. The number of carbonyl (C=O) groups is 1. The normalized spacial score (nSPS) is 10.9. The van der Waals surface area contributed by atoms with Crippen molar-refractivity contribution < 1.29 is 9.21 Å². The van der Waals surface area contributed by atoms with Crippen molar-refractivity contribution in [3.63, 3.8) is 0 Å². The number of anilines is 1. The van der Waals surface area contributed by atoms with E-state index in [2.05, 4.69) is 15.2 Å². The molecular formula is C19H23N5O2S2. The SMILES string of the molecule is Cc1nc(C)c(-c2nnc(SCC(=O)N(C)Cc3ccc(N(C)C)cc3)o2)s1. The van der Waals surface area contributed by atoms with Crippen molar-refractivity contribution >= 4 is 34.7 Å². The molecule has 0 atom stereocenters. The summed E-state index contributed by atoms with van der Waals surface area (Å²) in [7, 11) is 5.80. The van der Waals surface area contributed by atoms with E-state index in [0.29, 0.717) is 17.7 Å². The molecule has 0 aliphatic rings. The molecule has 28 heavy (non-hydrogen) atoms. The Kier molecular flexibility index (Phi) is 6.35. The lowest BCUT2D eigenvalue weighted by atomic mass is 10.2. The third kappa shape index (κ3) is 4.90. The fourth-order valence-corrected chi connectivity index (χ4v) is 4.13. The summed E-state index contributed by atoms with van der Waals surface area (Å²) in [5.41, 5.74) is 3.09. The van der Waals surface area contributed by atoms with Gasteiger partial charge in [0.2, 0.25) is 5.91 Å². The van der Waals surface area contributed by atoms with Gasteiger partial charge in [0.25, 0.3) is 11.1 Å². The maximum Gasteiger partial charge on any atom is 0.277 e. The molecule has 0 aliphatic carbocycles. The summed E-state index contributed by atoms with van der Waals surface area (Å²) in [5.74, 6) is 0.702. The molecule has 9 heteroatoms. The first-order valence-electron chi connectivity index (χ1n) is 8.74. The van der Waals surface area contributed by atoms with Gasteiger partial charge in [-0.1, -0.05) is 23.9 Å². The Morgan fingerprint density at radius 2 is 1.86 bits per heavy atom. The van der Waals surface area contributed by atoms with Crippen LogP contribution in [0.4, 0.5) is 5.69 Å². The number of rotatable bonds is 7. The molecule has 2 aromatic heterocycles. The average Bonchev–Trinajstić information content (AvgIpc) is 3.25. The summed E-state index contributed by atoms with van der Waals surface area (Å²) >= 11 is 2.77. The second-order valence-corrected chi connectivity index (χ2v) is 8.75. The second-order valence-electron chi connectivity index (χ2n) is 6.62. The van der Waals surface area contributed by atoms with E-state index in [9.17, 15) is 4.79 Å². The number of benzene rings is 1. The highest BCUT2D eigenvalue weighted by atomic mass is 32.2. The smallest absolute Gasteiger partial charge is 0.277 e. The molecule has 1 aromatic carbocycles. The Balaban J connectivity index is 1.54. The van der Waals surface area contributed by atoms with Crippen molar-refractivity contribution in [1.29, 1.82) is 0 Å². The van der Waals surface area contributed by atoms with E-state index < -0.39 is 0 Å². The lowest BCUT2D eigenvalue weighted by molar-refractivity contribution is -0.127. The van der Waals surface area contributed by atoms with Crippen molar-refractivity contribution in [3.05, 3.63) is 40.5 Å². The third-order valence-corrected chi connectivity index (χ3v) is 5.99. The lowest BCUT2D eigenvalue weighted by Gasteiger charge is -2.18. The van der Waals surface area contributed by atoms with Crippen LogP contribution in [0.25, 0.3) is 10.8 Å². The number of aryl methyl sites for hydroxylation is 2. The van der Waals surface area contributed by atoms with Gasteiger partial charge in [0.05, 0.1) is 16.5 Å². The zero-order valence-electron chi connectivity index (χ0n) is 16.6. The van der Waals surface area contributed by atoms with Crippen molar-refractivity contribution in [3.8, 4) is 10.8 Å². The van der Waals surface area contributed by atoms with Crippen molar-refractivity contribution in [1.82, 2.24) is 20.1 Å². The van der Waals surface area contributed by atoms with Crippen LogP contribution < -0.4 is 4.90 Å². The van der Waals surface area contributed by atoms with Crippen LogP contribution in [-0.2, 0) is 11.3 Å². The van der Waals surface area contributed by atoms with Crippen molar-refractivity contribution in [2.24, 2.45) is 0 Å². The van der Waals surface area contributed by atoms with Crippen LogP contribution in [0.15, 0.2) is 33.9 Å².